The van der Waals surface area contributed by atoms with Crippen LogP contribution < -0.4 is 15.7 Å². The molecule has 0 heterocycles. The average molecular weight is 498 g/mol. The van der Waals surface area contributed by atoms with Crippen molar-refractivity contribution in [3.05, 3.63) is 60.7 Å². The zero-order valence-electron chi connectivity index (χ0n) is 22.5. The summed E-state index contributed by atoms with van der Waals surface area (Å²) in [6.07, 6.45) is 2.95. The van der Waals surface area contributed by atoms with Crippen molar-refractivity contribution in [3.8, 4) is 0 Å². The largest absolute Gasteiger partial charge is 0.444 e. The molecule has 0 bridgehead atoms. The Morgan fingerprint density at radius 1 is 0.914 bits per heavy atom. The van der Waals surface area contributed by atoms with Crippen LogP contribution in [0, 0.1) is 0 Å². The monoisotopic (exact) mass is 497 g/mol. The van der Waals surface area contributed by atoms with Crippen molar-refractivity contribution in [2.24, 2.45) is 0 Å². The third-order valence-corrected chi connectivity index (χ3v) is 12.0. The van der Waals surface area contributed by atoms with Gasteiger partial charge < -0.3 is 19.2 Å². The number of carbonyl (C=O) groups is 1. The highest BCUT2D eigenvalue weighted by Gasteiger charge is 2.51. The predicted octanol–water partition coefficient (Wildman–Crippen LogP) is 5.42. The average Bonchev–Trinajstić information content (AvgIpc) is 2.80. The maximum absolute atomic E-state index is 12.3. The van der Waals surface area contributed by atoms with Crippen LogP contribution in [0.25, 0.3) is 0 Å². The second-order valence-corrected chi connectivity index (χ2v) is 16.1. The van der Waals surface area contributed by atoms with Gasteiger partial charge in [-0.1, -0.05) is 81.4 Å². The number of hydrogen-bond donors (Lipinski definition) is 1. The van der Waals surface area contributed by atoms with E-state index in [1.165, 1.54) is 10.4 Å². The molecule has 1 fully saturated rings. The van der Waals surface area contributed by atoms with Gasteiger partial charge in [-0.05, 0) is 61.9 Å². The highest BCUT2D eigenvalue weighted by atomic mass is 28.4. The Balaban J connectivity index is 1.81. The summed E-state index contributed by atoms with van der Waals surface area (Å²) < 4.78 is 18.8. The van der Waals surface area contributed by atoms with Gasteiger partial charge in [0.1, 0.15) is 5.60 Å². The molecule has 1 saturated carbocycles. The van der Waals surface area contributed by atoms with Crippen molar-refractivity contribution in [2.75, 3.05) is 13.7 Å². The zero-order chi connectivity index (χ0) is 25.7. The Bertz CT molecular complexity index is 903. The van der Waals surface area contributed by atoms with Gasteiger partial charge in [0.2, 0.25) is 0 Å². The van der Waals surface area contributed by atoms with Crippen LogP contribution in [0.15, 0.2) is 60.7 Å². The molecule has 1 amide bonds. The van der Waals surface area contributed by atoms with Crippen LogP contribution in [0.1, 0.15) is 67.2 Å². The van der Waals surface area contributed by atoms with Crippen LogP contribution in [-0.2, 0) is 13.9 Å². The van der Waals surface area contributed by atoms with E-state index in [0.29, 0.717) is 6.61 Å². The Hall–Kier alpha value is -2.15. The highest BCUT2D eigenvalue weighted by molar-refractivity contribution is 6.99. The summed E-state index contributed by atoms with van der Waals surface area (Å²) in [5.74, 6) is 0. The molecule has 35 heavy (non-hydrogen) atoms. The summed E-state index contributed by atoms with van der Waals surface area (Å²) in [5.41, 5.74) is -0.877. The first-order valence-corrected chi connectivity index (χ1v) is 14.6. The van der Waals surface area contributed by atoms with Gasteiger partial charge in [-0.15, -0.1) is 0 Å². The van der Waals surface area contributed by atoms with Gasteiger partial charge in [0.05, 0.1) is 12.2 Å². The standard InChI is InChI=1S/C29H43NO4Si/c1-27(2,3)34-26(31)30-23-18-20-29(32-7,21-19-23)22-33-35(28(4,5)6,24-14-10-8-11-15-24)25-16-12-9-13-17-25/h8-17,23H,18-22H2,1-7H3,(H,30,31)/t23-,29+. The van der Waals surface area contributed by atoms with Gasteiger partial charge >= 0.3 is 6.09 Å². The first kappa shape index (κ1) is 27.4. The summed E-state index contributed by atoms with van der Waals surface area (Å²) in [7, 11) is -0.848. The number of amides is 1. The molecule has 6 heteroatoms. The van der Waals surface area contributed by atoms with Gasteiger partial charge in [0.25, 0.3) is 8.32 Å². The highest BCUT2D eigenvalue weighted by Crippen LogP contribution is 2.39. The molecule has 0 radical (unpaired) electrons. The Labute approximate surface area is 212 Å². The fraction of sp³-hybridized carbons (Fsp3) is 0.552. The van der Waals surface area contributed by atoms with Crippen LogP contribution in [0.2, 0.25) is 5.04 Å². The third-order valence-electron chi connectivity index (χ3n) is 7.02. The molecular weight excluding hydrogens is 454 g/mol. The fourth-order valence-corrected chi connectivity index (χ4v) is 9.81. The lowest BCUT2D eigenvalue weighted by molar-refractivity contribution is -0.0754. The van der Waals surface area contributed by atoms with Crippen molar-refractivity contribution in [1.82, 2.24) is 5.32 Å². The molecule has 1 N–H and O–H groups in total. The molecule has 0 saturated heterocycles. The Kier molecular flexibility index (Phi) is 8.51. The summed E-state index contributed by atoms with van der Waals surface area (Å²) in [5, 5.41) is 5.49. The van der Waals surface area contributed by atoms with Gasteiger partial charge in [0.15, 0.2) is 0 Å². The van der Waals surface area contributed by atoms with E-state index in [0.717, 1.165) is 25.7 Å². The van der Waals surface area contributed by atoms with Gasteiger partial charge in [-0.3, -0.25) is 0 Å². The smallest absolute Gasteiger partial charge is 0.407 e. The number of nitrogens with one attached hydrogen (secondary N) is 1. The maximum atomic E-state index is 12.3. The Morgan fingerprint density at radius 3 is 1.80 bits per heavy atom. The number of alkyl carbamates (subject to hydrolysis) is 1. The van der Waals surface area contributed by atoms with Crippen LogP contribution in [0.4, 0.5) is 4.79 Å². The van der Waals surface area contributed by atoms with Crippen molar-refractivity contribution < 1.29 is 18.7 Å². The molecule has 0 atom stereocenters. The van der Waals surface area contributed by atoms with Crippen LogP contribution >= 0.6 is 0 Å². The molecular formula is C29H43NO4Si. The van der Waals surface area contributed by atoms with Gasteiger partial charge in [-0.2, -0.15) is 0 Å². The fourth-order valence-electron chi connectivity index (χ4n) is 5.17. The minimum Gasteiger partial charge on any atom is -0.444 e. The molecule has 0 spiro atoms. The van der Waals surface area contributed by atoms with Crippen LogP contribution in [-0.4, -0.2) is 45.4 Å². The number of hydrogen-bond acceptors (Lipinski definition) is 4. The quantitative estimate of drug-likeness (QED) is 0.519. The molecule has 192 valence electrons. The van der Waals surface area contributed by atoms with E-state index in [1.54, 1.807) is 7.11 Å². The van der Waals surface area contributed by atoms with E-state index in [4.69, 9.17) is 13.9 Å². The molecule has 0 unspecified atom stereocenters. The molecule has 1 aliphatic rings. The summed E-state index contributed by atoms with van der Waals surface area (Å²) in [4.78, 5) is 12.3. The summed E-state index contributed by atoms with van der Waals surface area (Å²) >= 11 is 0. The van der Waals surface area contributed by atoms with Gasteiger partial charge in [-0.25, -0.2) is 4.79 Å². The Morgan fingerprint density at radius 2 is 1.40 bits per heavy atom. The van der Waals surface area contributed by atoms with E-state index < -0.39 is 13.9 Å². The molecule has 0 aliphatic heterocycles. The van der Waals surface area contributed by atoms with E-state index >= 15 is 0 Å². The van der Waals surface area contributed by atoms with Crippen molar-refractivity contribution in [1.29, 1.82) is 0 Å². The van der Waals surface area contributed by atoms with Gasteiger partial charge in [0, 0.05) is 13.2 Å². The van der Waals surface area contributed by atoms with Crippen molar-refractivity contribution >= 4 is 24.8 Å². The second-order valence-electron chi connectivity index (χ2n) is 11.8. The second kappa shape index (κ2) is 10.9. The number of ether oxygens (including phenoxy) is 2. The van der Waals surface area contributed by atoms with Crippen LogP contribution in [0.5, 0.6) is 0 Å². The molecule has 5 nitrogen and oxygen atoms in total. The maximum Gasteiger partial charge on any atom is 0.407 e. The minimum absolute atomic E-state index is 0.0832. The molecule has 2 aromatic carbocycles. The zero-order valence-corrected chi connectivity index (χ0v) is 23.5. The lowest BCUT2D eigenvalue weighted by Crippen LogP contribution is -2.68. The molecule has 2 aromatic rings. The molecule has 1 aliphatic carbocycles. The third kappa shape index (κ3) is 6.54. The number of rotatable bonds is 7. The van der Waals surface area contributed by atoms with E-state index in [2.05, 4.69) is 86.8 Å². The van der Waals surface area contributed by atoms with E-state index in [1.807, 2.05) is 20.8 Å². The SMILES string of the molecule is CO[C@]1(CO[Si](c2ccccc2)(c2ccccc2)C(C)(C)C)CC[C@H](NC(=O)OC(C)(C)C)CC1. The first-order valence-electron chi connectivity index (χ1n) is 12.7. The van der Waals surface area contributed by atoms with E-state index in [-0.39, 0.29) is 22.8 Å². The van der Waals surface area contributed by atoms with Crippen molar-refractivity contribution in [2.45, 2.75) is 89.5 Å². The van der Waals surface area contributed by atoms with Crippen molar-refractivity contribution in [3.63, 3.8) is 0 Å². The topological polar surface area (TPSA) is 56.8 Å². The predicted molar refractivity (Wildman–Crippen MR) is 145 cm³/mol. The normalized spacial score (nSPS) is 21.4. The molecule has 3 rings (SSSR count). The summed E-state index contributed by atoms with van der Waals surface area (Å²) in [6.45, 7) is 13.0. The number of benzene rings is 2. The lowest BCUT2D eigenvalue weighted by Gasteiger charge is -2.46. The lowest BCUT2D eigenvalue weighted by atomic mass is 9.82. The van der Waals surface area contributed by atoms with Crippen LogP contribution in [0.3, 0.4) is 0 Å². The number of carbonyl (C=O) groups excluding carboxylic acids is 1. The minimum atomic E-state index is -2.64. The first-order chi connectivity index (χ1) is 16.4. The van der Waals surface area contributed by atoms with E-state index in [9.17, 15) is 4.79 Å². The number of methoxy groups -OCH3 is 1. The molecule has 0 aromatic heterocycles. The summed E-state index contributed by atoms with van der Waals surface area (Å²) in [6, 6.07) is 21.5.